The molecule has 4 nitrogen and oxygen atoms in total. The quantitative estimate of drug-likeness (QED) is 0.805. The van der Waals surface area contributed by atoms with E-state index < -0.39 is 0 Å². The van der Waals surface area contributed by atoms with Crippen LogP contribution in [0.5, 0.6) is 0 Å². The summed E-state index contributed by atoms with van der Waals surface area (Å²) in [6.45, 7) is 7.19. The molecule has 0 aromatic rings. The van der Waals surface area contributed by atoms with Crippen LogP contribution >= 0.6 is 11.8 Å². The molecule has 3 atom stereocenters. The summed E-state index contributed by atoms with van der Waals surface area (Å²) in [7, 11) is 0. The lowest BCUT2D eigenvalue weighted by atomic mass is 10.00. The summed E-state index contributed by atoms with van der Waals surface area (Å²) in [6.07, 6.45) is 3.43. The van der Waals surface area contributed by atoms with E-state index in [1.54, 1.807) is 0 Å². The third-order valence-corrected chi connectivity index (χ3v) is 4.97. The van der Waals surface area contributed by atoms with Crippen molar-refractivity contribution in [2.45, 2.75) is 64.3 Å². The summed E-state index contributed by atoms with van der Waals surface area (Å²) in [6, 6.07) is 0.723. The van der Waals surface area contributed by atoms with Crippen LogP contribution in [0.1, 0.15) is 40.0 Å². The molecule has 0 bridgehead atoms. The molecular formula is C14H26N2O2S. The van der Waals surface area contributed by atoms with Crippen molar-refractivity contribution in [2.24, 2.45) is 0 Å². The molecular weight excluding hydrogens is 260 g/mol. The lowest BCUT2D eigenvalue weighted by Gasteiger charge is -2.35. The number of carbonyl (C=O) groups excluding carboxylic acids is 1. The highest BCUT2D eigenvalue weighted by atomic mass is 32.2. The maximum atomic E-state index is 12.4. The van der Waals surface area contributed by atoms with Crippen LogP contribution in [0.25, 0.3) is 0 Å². The number of urea groups is 1. The highest BCUT2D eigenvalue weighted by Crippen LogP contribution is 2.20. The van der Waals surface area contributed by atoms with Gasteiger partial charge in [0.1, 0.15) is 0 Å². The number of ether oxygens (including phenoxy) is 1. The molecule has 2 fully saturated rings. The van der Waals surface area contributed by atoms with Crippen LogP contribution in [0, 0.1) is 0 Å². The van der Waals surface area contributed by atoms with Gasteiger partial charge in [-0.3, -0.25) is 0 Å². The predicted molar refractivity (Wildman–Crippen MR) is 79.7 cm³/mol. The number of hydrogen-bond donors (Lipinski definition) is 1. The first-order chi connectivity index (χ1) is 9.06. The van der Waals surface area contributed by atoms with E-state index in [0.29, 0.717) is 6.04 Å². The fourth-order valence-electron chi connectivity index (χ4n) is 2.98. The van der Waals surface area contributed by atoms with Crippen molar-refractivity contribution in [3.8, 4) is 0 Å². The van der Waals surface area contributed by atoms with Gasteiger partial charge in [-0.25, -0.2) is 4.79 Å². The molecule has 0 saturated carbocycles. The van der Waals surface area contributed by atoms with E-state index in [0.717, 1.165) is 37.3 Å². The van der Waals surface area contributed by atoms with E-state index in [1.807, 2.05) is 16.7 Å². The Morgan fingerprint density at radius 1 is 1.21 bits per heavy atom. The molecule has 110 valence electrons. The maximum Gasteiger partial charge on any atom is 0.317 e. The summed E-state index contributed by atoms with van der Waals surface area (Å²) < 4.78 is 5.72. The van der Waals surface area contributed by atoms with Crippen molar-refractivity contribution >= 4 is 17.8 Å². The van der Waals surface area contributed by atoms with Crippen LogP contribution in [0.2, 0.25) is 0 Å². The average molecular weight is 286 g/mol. The largest absolute Gasteiger partial charge is 0.375 e. The minimum absolute atomic E-state index is 0.112. The Balaban J connectivity index is 1.88. The van der Waals surface area contributed by atoms with E-state index in [1.165, 1.54) is 0 Å². The number of thioether (sulfide) groups is 1. The van der Waals surface area contributed by atoms with Crippen molar-refractivity contribution in [3.63, 3.8) is 0 Å². The number of nitrogens with zero attached hydrogens (tertiary/aromatic N) is 1. The first kappa shape index (κ1) is 15.0. The van der Waals surface area contributed by atoms with E-state index in [2.05, 4.69) is 26.1 Å². The summed E-state index contributed by atoms with van der Waals surface area (Å²) in [5, 5.41) is 3.21. The van der Waals surface area contributed by atoms with Crippen LogP contribution in [0.3, 0.4) is 0 Å². The second kappa shape index (κ2) is 6.84. The fourth-order valence-corrected chi connectivity index (χ4v) is 4.02. The number of amides is 2. The molecule has 0 spiro atoms. The van der Waals surface area contributed by atoms with E-state index >= 15 is 0 Å². The molecule has 2 saturated heterocycles. The smallest absolute Gasteiger partial charge is 0.317 e. The van der Waals surface area contributed by atoms with Crippen molar-refractivity contribution in [1.82, 2.24) is 10.2 Å². The number of hydrogen-bond acceptors (Lipinski definition) is 3. The van der Waals surface area contributed by atoms with Crippen LogP contribution in [0.15, 0.2) is 0 Å². The molecule has 0 aromatic heterocycles. The number of carbonyl (C=O) groups is 1. The lowest BCUT2D eigenvalue weighted by Crippen LogP contribution is -2.51. The zero-order valence-electron chi connectivity index (χ0n) is 12.2. The van der Waals surface area contributed by atoms with Crippen molar-refractivity contribution in [1.29, 1.82) is 0 Å². The standard InChI is InChI=1S/C14H26N2O2S/c1-10-4-6-19-7-5-16(10)14(17)15-13-8-11(2)18-12(3)9-13/h10-13H,4-9H2,1-3H3,(H,15,17)/t10-,11-,12-/m1/s1. The van der Waals surface area contributed by atoms with Crippen molar-refractivity contribution in [2.75, 3.05) is 18.1 Å². The molecule has 5 heteroatoms. The van der Waals surface area contributed by atoms with Gasteiger partial charge < -0.3 is 15.0 Å². The van der Waals surface area contributed by atoms with Crippen LogP contribution < -0.4 is 5.32 Å². The molecule has 1 N–H and O–H groups in total. The molecule has 2 aliphatic heterocycles. The van der Waals surface area contributed by atoms with Gasteiger partial charge in [0.05, 0.1) is 12.2 Å². The molecule has 0 aliphatic carbocycles. The first-order valence-corrected chi connectivity index (χ1v) is 8.52. The van der Waals surface area contributed by atoms with Gasteiger partial charge in [0, 0.05) is 24.4 Å². The Morgan fingerprint density at radius 3 is 2.58 bits per heavy atom. The highest BCUT2D eigenvalue weighted by Gasteiger charge is 2.28. The van der Waals surface area contributed by atoms with E-state index in [9.17, 15) is 4.79 Å². The molecule has 0 aromatic carbocycles. The Labute approximate surface area is 120 Å². The maximum absolute atomic E-state index is 12.4. The van der Waals surface area contributed by atoms with Crippen molar-refractivity contribution < 1.29 is 9.53 Å². The van der Waals surface area contributed by atoms with Gasteiger partial charge in [0.2, 0.25) is 0 Å². The predicted octanol–water partition coefficient (Wildman–Crippen LogP) is 2.48. The summed E-state index contributed by atoms with van der Waals surface area (Å²) in [5.41, 5.74) is 0. The Hall–Kier alpha value is -0.420. The molecule has 19 heavy (non-hydrogen) atoms. The average Bonchev–Trinajstić information content (AvgIpc) is 2.52. The van der Waals surface area contributed by atoms with Crippen molar-refractivity contribution in [3.05, 3.63) is 0 Å². The van der Waals surface area contributed by atoms with Crippen LogP contribution in [-0.2, 0) is 4.74 Å². The summed E-state index contributed by atoms with van der Waals surface area (Å²) >= 11 is 1.95. The SMILES string of the molecule is C[C@@H]1CC(NC(=O)N2CCSCC[C@H]2C)C[C@@H](C)O1. The monoisotopic (exact) mass is 286 g/mol. The molecule has 2 rings (SSSR count). The van der Waals surface area contributed by atoms with Gasteiger partial charge in [-0.2, -0.15) is 11.8 Å². The van der Waals surface area contributed by atoms with E-state index in [4.69, 9.17) is 4.74 Å². The van der Waals surface area contributed by atoms with Gasteiger partial charge in [-0.15, -0.1) is 0 Å². The first-order valence-electron chi connectivity index (χ1n) is 7.36. The second-order valence-corrected chi connectivity index (χ2v) is 7.04. The van der Waals surface area contributed by atoms with Crippen LogP contribution in [0.4, 0.5) is 4.79 Å². The summed E-state index contributed by atoms with van der Waals surface area (Å²) in [5.74, 6) is 2.22. The number of rotatable bonds is 1. The normalized spacial score (nSPS) is 36.7. The third kappa shape index (κ3) is 4.28. The fraction of sp³-hybridized carbons (Fsp3) is 0.929. The minimum atomic E-state index is 0.112. The zero-order valence-corrected chi connectivity index (χ0v) is 13.0. The molecule has 0 unspecified atom stereocenters. The minimum Gasteiger partial charge on any atom is -0.375 e. The molecule has 0 radical (unpaired) electrons. The van der Waals surface area contributed by atoms with E-state index in [-0.39, 0.29) is 24.3 Å². The van der Waals surface area contributed by atoms with Gasteiger partial charge in [-0.1, -0.05) is 0 Å². The lowest BCUT2D eigenvalue weighted by molar-refractivity contribution is -0.0408. The Morgan fingerprint density at radius 2 is 1.89 bits per heavy atom. The third-order valence-electron chi connectivity index (χ3n) is 3.97. The van der Waals surface area contributed by atoms with Gasteiger partial charge in [0.15, 0.2) is 0 Å². The highest BCUT2D eigenvalue weighted by molar-refractivity contribution is 7.99. The summed E-state index contributed by atoms with van der Waals surface area (Å²) in [4.78, 5) is 14.4. The molecule has 2 heterocycles. The number of nitrogens with one attached hydrogen (secondary N) is 1. The topological polar surface area (TPSA) is 41.6 Å². The van der Waals surface area contributed by atoms with Gasteiger partial charge >= 0.3 is 6.03 Å². The molecule has 2 amide bonds. The van der Waals surface area contributed by atoms with Gasteiger partial charge in [-0.05, 0) is 45.8 Å². The molecule has 2 aliphatic rings. The van der Waals surface area contributed by atoms with Gasteiger partial charge in [0.25, 0.3) is 0 Å². The Kier molecular flexibility index (Phi) is 5.39. The zero-order chi connectivity index (χ0) is 13.8. The second-order valence-electron chi connectivity index (χ2n) is 5.82. The Bertz CT molecular complexity index is 304. The van der Waals surface area contributed by atoms with Crippen LogP contribution in [-0.4, -0.2) is 53.3 Å².